The molecule has 3 rings (SSSR count). The zero-order valence-electron chi connectivity index (χ0n) is 22.1. The third-order valence-electron chi connectivity index (χ3n) is 6.80. The highest BCUT2D eigenvalue weighted by atomic mass is 28.4. The van der Waals surface area contributed by atoms with Crippen LogP contribution in [0.4, 0.5) is 0 Å². The van der Waals surface area contributed by atoms with E-state index in [1.54, 1.807) is 25.3 Å². The second-order valence-electron chi connectivity index (χ2n) is 10.5. The molecule has 0 aliphatic heterocycles. The van der Waals surface area contributed by atoms with Gasteiger partial charge in [0.25, 0.3) is 8.32 Å². The quantitative estimate of drug-likeness (QED) is 0.126. The Balaban J connectivity index is 1.84. The maximum atomic E-state index is 13.3. The highest BCUT2D eigenvalue weighted by molar-refractivity contribution is 6.74. The molecular formula is C31H36O4Si. The van der Waals surface area contributed by atoms with Crippen molar-refractivity contribution in [3.8, 4) is 11.5 Å². The Morgan fingerprint density at radius 1 is 0.889 bits per heavy atom. The minimum absolute atomic E-state index is 0.0576. The van der Waals surface area contributed by atoms with E-state index in [1.807, 2.05) is 66.7 Å². The normalized spacial score (nSPS) is 12.8. The van der Waals surface area contributed by atoms with E-state index in [0.717, 1.165) is 11.1 Å². The molecule has 36 heavy (non-hydrogen) atoms. The minimum Gasteiger partial charge on any atom is -0.541 e. The molecule has 1 atom stereocenters. The summed E-state index contributed by atoms with van der Waals surface area (Å²) < 4.78 is 12.0. The first kappa shape index (κ1) is 27.1. The molecule has 0 aliphatic rings. The van der Waals surface area contributed by atoms with E-state index in [1.165, 1.54) is 6.08 Å². The number of carbonyl (C=O) groups is 2. The number of hydrogen-bond donors (Lipinski definition) is 0. The lowest BCUT2D eigenvalue weighted by Gasteiger charge is -2.36. The lowest BCUT2D eigenvalue weighted by molar-refractivity contribution is -0.116. The van der Waals surface area contributed by atoms with Gasteiger partial charge in [-0.25, -0.2) is 0 Å². The molecule has 1 unspecified atom stereocenters. The Kier molecular flexibility index (Phi) is 8.69. The number of benzene rings is 3. The van der Waals surface area contributed by atoms with Gasteiger partial charge in [0.1, 0.15) is 5.75 Å². The number of rotatable bonds is 10. The Morgan fingerprint density at radius 2 is 1.50 bits per heavy atom. The van der Waals surface area contributed by atoms with Crippen LogP contribution in [0.3, 0.4) is 0 Å². The lowest BCUT2D eigenvalue weighted by atomic mass is 9.87. The SMILES string of the molecule is COc1cc(C=CC(=O)C(Cc2ccccc2)C(=O)c2ccccc2)ccc1O[Si](C)(C)C(C)(C)C. The van der Waals surface area contributed by atoms with Gasteiger partial charge in [0.15, 0.2) is 17.3 Å². The van der Waals surface area contributed by atoms with Gasteiger partial charge in [-0.05, 0) is 53.9 Å². The molecule has 5 heteroatoms. The summed E-state index contributed by atoms with van der Waals surface area (Å²) >= 11 is 0. The first-order valence-corrected chi connectivity index (χ1v) is 15.1. The predicted octanol–water partition coefficient (Wildman–Crippen LogP) is 7.40. The van der Waals surface area contributed by atoms with E-state index < -0.39 is 14.2 Å². The fourth-order valence-electron chi connectivity index (χ4n) is 3.57. The molecule has 0 amide bonds. The Labute approximate surface area is 216 Å². The Morgan fingerprint density at radius 3 is 2.08 bits per heavy atom. The highest BCUT2D eigenvalue weighted by Gasteiger charge is 2.39. The number of carbonyl (C=O) groups excluding carboxylic acids is 2. The molecule has 0 aromatic heterocycles. The number of Topliss-reactive ketones (excluding diaryl/α,β-unsaturated/α-hetero) is 1. The van der Waals surface area contributed by atoms with Crippen LogP contribution >= 0.6 is 0 Å². The van der Waals surface area contributed by atoms with Gasteiger partial charge >= 0.3 is 0 Å². The van der Waals surface area contributed by atoms with Crippen LogP contribution in [0, 0.1) is 5.92 Å². The predicted molar refractivity (Wildman–Crippen MR) is 149 cm³/mol. The van der Waals surface area contributed by atoms with Crippen molar-refractivity contribution in [2.75, 3.05) is 7.11 Å². The Bertz CT molecular complexity index is 1210. The highest BCUT2D eigenvalue weighted by Crippen LogP contribution is 2.40. The second-order valence-corrected chi connectivity index (χ2v) is 15.2. The van der Waals surface area contributed by atoms with Crippen molar-refractivity contribution in [2.24, 2.45) is 5.92 Å². The van der Waals surface area contributed by atoms with E-state index in [9.17, 15) is 9.59 Å². The van der Waals surface area contributed by atoms with Crippen LogP contribution in [0.5, 0.6) is 11.5 Å². The fraction of sp³-hybridized carbons (Fsp3) is 0.290. The summed E-state index contributed by atoms with van der Waals surface area (Å²) in [7, 11) is -0.422. The molecule has 0 aliphatic carbocycles. The largest absolute Gasteiger partial charge is 0.541 e. The van der Waals surface area contributed by atoms with Crippen LogP contribution in [0.2, 0.25) is 18.1 Å². The zero-order valence-corrected chi connectivity index (χ0v) is 23.1. The summed E-state index contributed by atoms with van der Waals surface area (Å²) in [6, 6.07) is 24.3. The lowest BCUT2D eigenvalue weighted by Crippen LogP contribution is -2.43. The summed E-state index contributed by atoms with van der Waals surface area (Å²) in [4.78, 5) is 26.6. The standard InChI is InChI=1S/C31H36O4Si/c1-31(2,3)36(5,6)35-28-20-18-24(22-29(28)34-4)17-19-27(32)26(21-23-13-9-7-10-14-23)30(33)25-15-11-8-12-16-25/h7-20,22,26H,21H2,1-6H3. The molecule has 0 saturated carbocycles. The van der Waals surface area contributed by atoms with Crippen LogP contribution in [-0.2, 0) is 11.2 Å². The second kappa shape index (κ2) is 11.5. The number of hydrogen-bond acceptors (Lipinski definition) is 4. The van der Waals surface area contributed by atoms with Gasteiger partial charge < -0.3 is 9.16 Å². The van der Waals surface area contributed by atoms with Crippen molar-refractivity contribution in [3.05, 3.63) is 102 Å². The average molecular weight is 501 g/mol. The van der Waals surface area contributed by atoms with E-state index in [0.29, 0.717) is 23.5 Å². The molecule has 0 saturated heterocycles. The third kappa shape index (κ3) is 6.82. The average Bonchev–Trinajstić information content (AvgIpc) is 2.86. The monoisotopic (exact) mass is 500 g/mol. The van der Waals surface area contributed by atoms with Crippen molar-refractivity contribution in [3.63, 3.8) is 0 Å². The summed E-state index contributed by atoms with van der Waals surface area (Å²) in [5, 5.41) is 0.0576. The van der Waals surface area contributed by atoms with Crippen LogP contribution in [-0.4, -0.2) is 27.0 Å². The van der Waals surface area contributed by atoms with Gasteiger partial charge in [-0.3, -0.25) is 9.59 Å². The van der Waals surface area contributed by atoms with Gasteiger partial charge in [-0.15, -0.1) is 0 Å². The van der Waals surface area contributed by atoms with Crippen LogP contribution in [0.1, 0.15) is 42.3 Å². The maximum absolute atomic E-state index is 13.3. The third-order valence-corrected chi connectivity index (χ3v) is 11.1. The van der Waals surface area contributed by atoms with Crippen LogP contribution < -0.4 is 9.16 Å². The molecule has 0 radical (unpaired) electrons. The van der Waals surface area contributed by atoms with Gasteiger partial charge in [0.2, 0.25) is 0 Å². The summed E-state index contributed by atoms with van der Waals surface area (Å²) in [6.07, 6.45) is 3.58. The van der Waals surface area contributed by atoms with Gasteiger partial charge in [-0.1, -0.05) is 93.6 Å². The molecule has 0 fully saturated rings. The van der Waals surface area contributed by atoms with Crippen molar-refractivity contribution in [2.45, 2.75) is 45.3 Å². The maximum Gasteiger partial charge on any atom is 0.250 e. The van der Waals surface area contributed by atoms with Crippen molar-refractivity contribution < 1.29 is 18.8 Å². The van der Waals surface area contributed by atoms with Crippen LogP contribution in [0.15, 0.2) is 84.9 Å². The molecular weight excluding hydrogens is 464 g/mol. The van der Waals surface area contributed by atoms with Crippen molar-refractivity contribution in [1.82, 2.24) is 0 Å². The van der Waals surface area contributed by atoms with E-state index in [4.69, 9.17) is 9.16 Å². The van der Waals surface area contributed by atoms with E-state index in [2.05, 4.69) is 33.9 Å². The minimum atomic E-state index is -2.03. The Hall–Kier alpha value is -3.44. The molecule has 0 bridgehead atoms. The van der Waals surface area contributed by atoms with Gasteiger partial charge in [0, 0.05) is 5.56 Å². The van der Waals surface area contributed by atoms with Crippen molar-refractivity contribution in [1.29, 1.82) is 0 Å². The molecule has 3 aromatic rings. The summed E-state index contributed by atoms with van der Waals surface area (Å²) in [5.74, 6) is 0.122. The molecule has 0 spiro atoms. The first-order valence-electron chi connectivity index (χ1n) is 12.2. The van der Waals surface area contributed by atoms with Gasteiger partial charge in [0.05, 0.1) is 13.0 Å². The smallest absolute Gasteiger partial charge is 0.250 e. The zero-order chi connectivity index (χ0) is 26.3. The molecule has 0 N–H and O–H groups in total. The number of methoxy groups -OCH3 is 1. The molecule has 4 nitrogen and oxygen atoms in total. The summed E-state index contributed by atoms with van der Waals surface area (Å²) in [5.41, 5.74) is 2.28. The molecule has 0 heterocycles. The summed E-state index contributed by atoms with van der Waals surface area (Å²) in [6.45, 7) is 11.0. The molecule has 188 valence electrons. The van der Waals surface area contributed by atoms with Gasteiger partial charge in [-0.2, -0.15) is 0 Å². The number of allylic oxidation sites excluding steroid dienone is 1. The van der Waals surface area contributed by atoms with E-state index in [-0.39, 0.29) is 16.6 Å². The topological polar surface area (TPSA) is 52.6 Å². The van der Waals surface area contributed by atoms with Crippen LogP contribution in [0.25, 0.3) is 6.08 Å². The van der Waals surface area contributed by atoms with E-state index >= 15 is 0 Å². The van der Waals surface area contributed by atoms with Crippen molar-refractivity contribution >= 4 is 26.0 Å². The number of ether oxygens (including phenoxy) is 1. The number of ketones is 2. The fourth-order valence-corrected chi connectivity index (χ4v) is 4.60. The molecule has 3 aromatic carbocycles. The first-order chi connectivity index (χ1) is 17.0.